The van der Waals surface area contributed by atoms with Crippen molar-refractivity contribution in [3.63, 3.8) is 0 Å². The van der Waals surface area contributed by atoms with Crippen molar-refractivity contribution in [2.24, 2.45) is 0 Å². The summed E-state index contributed by atoms with van der Waals surface area (Å²) >= 11 is 7.09. The van der Waals surface area contributed by atoms with E-state index in [1.165, 1.54) is 16.4 Å². The van der Waals surface area contributed by atoms with E-state index in [-0.39, 0.29) is 24.8 Å². The molecular formula is C23H22ClN5O4S. The number of aromatic nitrogens is 3. The predicted molar refractivity (Wildman–Crippen MR) is 129 cm³/mol. The second-order valence-electron chi connectivity index (χ2n) is 7.07. The summed E-state index contributed by atoms with van der Waals surface area (Å²) in [6, 6.07) is 18.2. The summed E-state index contributed by atoms with van der Waals surface area (Å²) in [5.41, 5.74) is 0.908. The summed E-state index contributed by atoms with van der Waals surface area (Å²) in [6.07, 6.45) is 0. The van der Waals surface area contributed by atoms with E-state index < -0.39 is 0 Å². The molecule has 0 unspecified atom stereocenters. The summed E-state index contributed by atoms with van der Waals surface area (Å²) in [4.78, 5) is 12.3. The van der Waals surface area contributed by atoms with Crippen LogP contribution in [0.25, 0.3) is 11.3 Å². The van der Waals surface area contributed by atoms with Gasteiger partial charge >= 0.3 is 0 Å². The quantitative estimate of drug-likeness (QED) is 0.249. The van der Waals surface area contributed by atoms with Crippen LogP contribution in [0.5, 0.6) is 11.5 Å². The molecule has 0 fully saturated rings. The van der Waals surface area contributed by atoms with Gasteiger partial charge in [-0.05, 0) is 48.5 Å². The molecule has 0 aliphatic rings. The fourth-order valence-corrected chi connectivity index (χ4v) is 3.78. The summed E-state index contributed by atoms with van der Waals surface area (Å²) in [6.45, 7) is 0.389. The molecule has 2 aromatic carbocycles. The van der Waals surface area contributed by atoms with Crippen LogP contribution in [0.4, 0.5) is 0 Å². The number of rotatable bonds is 10. The first-order valence-corrected chi connectivity index (χ1v) is 11.6. The van der Waals surface area contributed by atoms with Crippen LogP contribution in [0.3, 0.4) is 0 Å². The molecule has 2 heterocycles. The molecule has 0 spiro atoms. The van der Waals surface area contributed by atoms with Gasteiger partial charge in [0.1, 0.15) is 29.6 Å². The van der Waals surface area contributed by atoms with Gasteiger partial charge in [-0.1, -0.05) is 29.4 Å². The highest BCUT2D eigenvalue weighted by molar-refractivity contribution is 7.99. The second kappa shape index (κ2) is 11.0. The number of methoxy groups -OCH3 is 1. The smallest absolute Gasteiger partial charge is 0.230 e. The molecular weight excluding hydrogens is 478 g/mol. The molecule has 2 aromatic heterocycles. The summed E-state index contributed by atoms with van der Waals surface area (Å²) < 4.78 is 18.0. The minimum atomic E-state index is -0.188. The number of nitrogens with one attached hydrogen (secondary N) is 1. The van der Waals surface area contributed by atoms with E-state index in [0.717, 1.165) is 5.56 Å². The van der Waals surface area contributed by atoms with Gasteiger partial charge in [-0.2, -0.15) is 0 Å². The molecule has 0 saturated carbocycles. The molecule has 3 N–H and O–H groups in total. The highest BCUT2D eigenvalue weighted by Crippen LogP contribution is 2.24. The molecule has 11 heteroatoms. The van der Waals surface area contributed by atoms with Gasteiger partial charge in [-0.3, -0.25) is 4.79 Å². The highest BCUT2D eigenvalue weighted by Gasteiger charge is 2.14. The van der Waals surface area contributed by atoms with E-state index >= 15 is 0 Å². The zero-order valence-electron chi connectivity index (χ0n) is 18.2. The number of benzene rings is 2. The van der Waals surface area contributed by atoms with E-state index in [1.807, 2.05) is 36.4 Å². The molecule has 0 aliphatic carbocycles. The number of nitrogens with zero attached hydrogens (tertiary/aromatic N) is 3. The van der Waals surface area contributed by atoms with Crippen molar-refractivity contribution in [1.29, 1.82) is 0 Å². The lowest BCUT2D eigenvalue weighted by Crippen LogP contribution is -2.25. The Hall–Kier alpha value is -3.63. The van der Waals surface area contributed by atoms with Crippen LogP contribution in [0.15, 0.2) is 70.2 Å². The molecule has 176 valence electrons. The van der Waals surface area contributed by atoms with Crippen LogP contribution in [-0.2, 0) is 17.9 Å². The number of hydrogen-bond acceptors (Lipinski definition) is 8. The van der Waals surface area contributed by atoms with Crippen molar-refractivity contribution in [2.45, 2.75) is 18.3 Å². The van der Waals surface area contributed by atoms with Crippen LogP contribution in [0.2, 0.25) is 5.02 Å². The topological polar surface area (TPSA) is 117 Å². The van der Waals surface area contributed by atoms with E-state index in [4.69, 9.17) is 31.3 Å². The van der Waals surface area contributed by atoms with E-state index in [9.17, 15) is 4.79 Å². The maximum absolute atomic E-state index is 12.3. The summed E-state index contributed by atoms with van der Waals surface area (Å²) in [7, 11) is 1.59. The monoisotopic (exact) mass is 499 g/mol. The van der Waals surface area contributed by atoms with Crippen LogP contribution in [0.1, 0.15) is 11.6 Å². The Balaban J connectivity index is 1.24. The molecule has 4 rings (SSSR count). The van der Waals surface area contributed by atoms with E-state index in [0.29, 0.717) is 39.0 Å². The first-order valence-electron chi connectivity index (χ1n) is 10.2. The SMILES string of the molecule is COc1cccc(OCc2nnc(SCC(=O)NCc3ccc(-c4ccc(Cl)cc4)o3)n2N)c1. The standard InChI is InChI=1S/C23H22ClN5O4S/c1-31-17-3-2-4-18(11-17)32-13-21-27-28-23(29(21)25)34-14-22(30)26-12-19-9-10-20(33-19)15-5-7-16(24)8-6-15/h2-11H,12-14,25H2,1H3,(H,26,30). The fraction of sp³-hybridized carbons (Fsp3) is 0.174. The minimum Gasteiger partial charge on any atom is -0.497 e. The molecule has 34 heavy (non-hydrogen) atoms. The van der Waals surface area contributed by atoms with Crippen molar-refractivity contribution in [3.8, 4) is 22.8 Å². The van der Waals surface area contributed by atoms with E-state index in [2.05, 4.69) is 15.5 Å². The Morgan fingerprint density at radius 2 is 1.94 bits per heavy atom. The third-order valence-electron chi connectivity index (χ3n) is 4.73. The number of ether oxygens (including phenoxy) is 2. The third kappa shape index (κ3) is 6.03. The third-order valence-corrected chi connectivity index (χ3v) is 5.92. The van der Waals surface area contributed by atoms with Gasteiger partial charge in [-0.25, -0.2) is 4.68 Å². The molecule has 0 atom stereocenters. The normalized spacial score (nSPS) is 10.8. The predicted octanol–water partition coefficient (Wildman–Crippen LogP) is 3.90. The van der Waals surface area contributed by atoms with Crippen molar-refractivity contribution in [2.75, 3.05) is 18.7 Å². The maximum atomic E-state index is 12.3. The van der Waals surface area contributed by atoms with Crippen molar-refractivity contribution in [1.82, 2.24) is 20.2 Å². The zero-order valence-corrected chi connectivity index (χ0v) is 19.8. The van der Waals surface area contributed by atoms with Crippen LogP contribution in [0, 0.1) is 0 Å². The Labute approximate surface area is 205 Å². The molecule has 0 saturated heterocycles. The molecule has 0 bridgehead atoms. The van der Waals surface area contributed by atoms with Gasteiger partial charge in [0, 0.05) is 16.7 Å². The number of thioether (sulfide) groups is 1. The lowest BCUT2D eigenvalue weighted by atomic mass is 10.2. The van der Waals surface area contributed by atoms with Gasteiger partial charge in [0.2, 0.25) is 11.1 Å². The number of halogens is 1. The van der Waals surface area contributed by atoms with Crippen LogP contribution >= 0.6 is 23.4 Å². The molecule has 9 nitrogen and oxygen atoms in total. The molecule has 1 amide bonds. The first kappa shape index (κ1) is 23.5. The number of nitrogens with two attached hydrogens (primary N) is 1. The lowest BCUT2D eigenvalue weighted by Gasteiger charge is -2.07. The number of carbonyl (C=O) groups is 1. The largest absolute Gasteiger partial charge is 0.497 e. The van der Waals surface area contributed by atoms with E-state index in [1.54, 1.807) is 31.4 Å². The Morgan fingerprint density at radius 1 is 1.15 bits per heavy atom. The van der Waals surface area contributed by atoms with Gasteiger partial charge < -0.3 is 25.1 Å². The number of furan rings is 1. The number of amides is 1. The van der Waals surface area contributed by atoms with Crippen LogP contribution in [-0.4, -0.2) is 33.6 Å². The first-order chi connectivity index (χ1) is 16.5. The van der Waals surface area contributed by atoms with Crippen molar-refractivity contribution >= 4 is 29.3 Å². The average molecular weight is 500 g/mol. The molecule has 0 aliphatic heterocycles. The number of hydrogen-bond donors (Lipinski definition) is 2. The lowest BCUT2D eigenvalue weighted by molar-refractivity contribution is -0.118. The second-order valence-corrected chi connectivity index (χ2v) is 8.45. The van der Waals surface area contributed by atoms with Gasteiger partial charge in [0.05, 0.1) is 19.4 Å². The van der Waals surface area contributed by atoms with Gasteiger partial charge in [0.15, 0.2) is 5.82 Å². The maximum Gasteiger partial charge on any atom is 0.230 e. The summed E-state index contributed by atoms with van der Waals surface area (Å²) in [5, 5.41) is 12.0. The number of nitrogen functional groups attached to an aromatic ring is 1. The minimum absolute atomic E-state index is 0.122. The number of carbonyl (C=O) groups excluding carboxylic acids is 1. The zero-order chi connectivity index (χ0) is 23.9. The Morgan fingerprint density at radius 3 is 2.74 bits per heavy atom. The highest BCUT2D eigenvalue weighted by atomic mass is 35.5. The Bertz CT molecular complexity index is 1260. The Kier molecular flexibility index (Phi) is 7.61. The molecule has 4 aromatic rings. The fourth-order valence-electron chi connectivity index (χ4n) is 2.95. The van der Waals surface area contributed by atoms with Crippen molar-refractivity contribution in [3.05, 3.63) is 77.3 Å². The van der Waals surface area contributed by atoms with Crippen LogP contribution < -0.4 is 20.6 Å². The summed E-state index contributed by atoms with van der Waals surface area (Å²) in [5.74, 6) is 9.06. The average Bonchev–Trinajstić information content (AvgIpc) is 3.47. The van der Waals surface area contributed by atoms with Gasteiger partial charge in [-0.15, -0.1) is 10.2 Å². The molecule has 0 radical (unpaired) electrons. The van der Waals surface area contributed by atoms with Gasteiger partial charge in [0.25, 0.3) is 0 Å². The van der Waals surface area contributed by atoms with Crippen molar-refractivity contribution < 1.29 is 18.7 Å².